The van der Waals surface area contributed by atoms with Crippen LogP contribution in [-0.2, 0) is 11.3 Å². The average Bonchev–Trinajstić information content (AvgIpc) is 2.15. The number of hydrogen-bond acceptors (Lipinski definition) is 2. The zero-order valence-corrected chi connectivity index (χ0v) is 9.60. The van der Waals surface area contributed by atoms with Crippen molar-refractivity contribution in [3.8, 4) is 0 Å². The summed E-state index contributed by atoms with van der Waals surface area (Å²) < 4.78 is 19.0. The highest BCUT2D eigenvalue weighted by Crippen LogP contribution is 2.14. The van der Waals surface area contributed by atoms with Crippen molar-refractivity contribution in [1.82, 2.24) is 0 Å². The van der Waals surface area contributed by atoms with Crippen LogP contribution in [0.4, 0.5) is 4.39 Å². The quantitative estimate of drug-likeness (QED) is 0.802. The van der Waals surface area contributed by atoms with Crippen molar-refractivity contribution >= 4 is 17.2 Å². The summed E-state index contributed by atoms with van der Waals surface area (Å²) in [7, 11) is 0. The third-order valence-electron chi connectivity index (χ3n) is 1.92. The summed E-state index contributed by atoms with van der Waals surface area (Å²) in [4.78, 5) is 0.0684. The van der Waals surface area contributed by atoms with Crippen LogP contribution in [0.1, 0.15) is 25.0 Å². The Balaban J connectivity index is 2.89. The maximum atomic E-state index is 13.7. The molecule has 0 amide bonds. The number of ether oxygens (including phenoxy) is 1. The molecule has 1 aromatic rings. The first-order valence-corrected chi connectivity index (χ1v) is 5.12. The second-order valence-corrected chi connectivity index (χ2v) is 3.94. The highest BCUT2D eigenvalue weighted by atomic mass is 32.1. The number of nitrogens with two attached hydrogens (primary N) is 1. The zero-order chi connectivity index (χ0) is 11.4. The van der Waals surface area contributed by atoms with Crippen molar-refractivity contribution in [2.75, 3.05) is 0 Å². The van der Waals surface area contributed by atoms with Gasteiger partial charge in [-0.3, -0.25) is 0 Å². The van der Waals surface area contributed by atoms with Crippen LogP contribution in [0.15, 0.2) is 18.2 Å². The summed E-state index contributed by atoms with van der Waals surface area (Å²) in [5.41, 5.74) is 6.14. The molecule has 2 nitrogen and oxygen atoms in total. The molecule has 0 aromatic heterocycles. The number of thiocarbonyl (C=S) groups is 1. The Morgan fingerprint density at radius 3 is 2.73 bits per heavy atom. The predicted octanol–water partition coefficient (Wildman–Crippen LogP) is 2.38. The minimum Gasteiger partial charge on any atom is -0.389 e. The molecule has 15 heavy (non-hydrogen) atoms. The van der Waals surface area contributed by atoms with Gasteiger partial charge in [0.2, 0.25) is 0 Å². The number of halogens is 1. The van der Waals surface area contributed by atoms with Crippen LogP contribution in [0.5, 0.6) is 0 Å². The first-order valence-electron chi connectivity index (χ1n) is 4.71. The fourth-order valence-corrected chi connectivity index (χ4v) is 1.30. The van der Waals surface area contributed by atoms with E-state index in [1.807, 2.05) is 13.8 Å². The highest BCUT2D eigenvalue weighted by Gasteiger charge is 2.10. The van der Waals surface area contributed by atoms with Gasteiger partial charge < -0.3 is 10.5 Å². The van der Waals surface area contributed by atoms with E-state index in [4.69, 9.17) is 22.7 Å². The molecule has 2 N–H and O–H groups in total. The molecule has 1 rings (SSSR count). The molecule has 4 heteroatoms. The fourth-order valence-electron chi connectivity index (χ4n) is 1.14. The van der Waals surface area contributed by atoms with E-state index in [0.29, 0.717) is 5.56 Å². The van der Waals surface area contributed by atoms with Gasteiger partial charge in [0.1, 0.15) is 10.8 Å². The Bertz CT molecular complexity index is 366. The minimum absolute atomic E-state index is 0.0675. The van der Waals surface area contributed by atoms with Gasteiger partial charge in [-0.05, 0) is 19.9 Å². The van der Waals surface area contributed by atoms with Crippen molar-refractivity contribution < 1.29 is 9.13 Å². The summed E-state index contributed by atoms with van der Waals surface area (Å²) in [6, 6.07) is 4.95. The van der Waals surface area contributed by atoms with Gasteiger partial charge in [0.05, 0.1) is 12.7 Å². The molecule has 0 aliphatic carbocycles. The summed E-state index contributed by atoms with van der Waals surface area (Å²) >= 11 is 4.74. The van der Waals surface area contributed by atoms with Crippen molar-refractivity contribution in [3.05, 3.63) is 35.1 Å². The fraction of sp³-hybridized carbons (Fsp3) is 0.364. The Labute approximate surface area is 94.2 Å². The minimum atomic E-state index is -0.384. The molecule has 1 aromatic carbocycles. The standard InChI is InChI=1S/C11H14FNOS/c1-7(2)14-6-8-4-3-5-9(10(8)12)11(13)15/h3-5,7H,6H2,1-2H3,(H2,13,15). The van der Waals surface area contributed by atoms with Gasteiger partial charge in [0.15, 0.2) is 0 Å². The Hall–Kier alpha value is -1.00. The van der Waals surface area contributed by atoms with E-state index >= 15 is 0 Å². The molecule has 0 radical (unpaired) electrons. The molecule has 0 atom stereocenters. The maximum Gasteiger partial charge on any atom is 0.138 e. The first-order chi connectivity index (χ1) is 7.02. The van der Waals surface area contributed by atoms with E-state index in [2.05, 4.69) is 0 Å². The van der Waals surface area contributed by atoms with Gasteiger partial charge in [-0.25, -0.2) is 4.39 Å². The van der Waals surface area contributed by atoms with Crippen molar-refractivity contribution in [1.29, 1.82) is 0 Å². The third kappa shape index (κ3) is 3.25. The van der Waals surface area contributed by atoms with E-state index in [1.54, 1.807) is 18.2 Å². The lowest BCUT2D eigenvalue weighted by Gasteiger charge is -2.10. The molecule has 0 unspecified atom stereocenters. The van der Waals surface area contributed by atoms with E-state index in [0.717, 1.165) is 0 Å². The average molecular weight is 227 g/mol. The maximum absolute atomic E-state index is 13.7. The van der Waals surface area contributed by atoms with E-state index in [-0.39, 0.29) is 29.1 Å². The summed E-state index contributed by atoms with van der Waals surface area (Å²) in [5.74, 6) is -0.384. The largest absolute Gasteiger partial charge is 0.389 e. The van der Waals surface area contributed by atoms with E-state index in [9.17, 15) is 4.39 Å². The van der Waals surface area contributed by atoms with Gasteiger partial charge >= 0.3 is 0 Å². The molecule has 0 aliphatic heterocycles. The molecule has 82 valence electrons. The third-order valence-corrected chi connectivity index (χ3v) is 2.14. The van der Waals surface area contributed by atoms with Gasteiger partial charge in [-0.1, -0.05) is 24.4 Å². The lowest BCUT2D eigenvalue weighted by molar-refractivity contribution is 0.0639. The van der Waals surface area contributed by atoms with Crippen LogP contribution >= 0.6 is 12.2 Å². The van der Waals surface area contributed by atoms with Crippen LogP contribution < -0.4 is 5.73 Å². The smallest absolute Gasteiger partial charge is 0.138 e. The van der Waals surface area contributed by atoms with Crippen LogP contribution in [0.3, 0.4) is 0 Å². The van der Waals surface area contributed by atoms with Crippen LogP contribution in [0.2, 0.25) is 0 Å². The summed E-state index contributed by atoms with van der Waals surface area (Å²) in [6.07, 6.45) is 0.0675. The molecule has 0 fully saturated rings. The lowest BCUT2D eigenvalue weighted by Crippen LogP contribution is -2.13. The predicted molar refractivity (Wildman–Crippen MR) is 62.2 cm³/mol. The zero-order valence-electron chi connectivity index (χ0n) is 8.79. The first kappa shape index (κ1) is 12.1. The van der Waals surface area contributed by atoms with Crippen molar-refractivity contribution in [3.63, 3.8) is 0 Å². The monoisotopic (exact) mass is 227 g/mol. The molecule has 0 saturated carbocycles. The van der Waals surface area contributed by atoms with Gasteiger partial charge in [-0.2, -0.15) is 0 Å². The number of hydrogen-bond donors (Lipinski definition) is 1. The second kappa shape index (κ2) is 5.19. The van der Waals surface area contributed by atoms with Crippen LogP contribution in [0.25, 0.3) is 0 Å². The summed E-state index contributed by atoms with van der Waals surface area (Å²) in [6.45, 7) is 4.03. The van der Waals surface area contributed by atoms with Crippen LogP contribution in [-0.4, -0.2) is 11.1 Å². The van der Waals surface area contributed by atoms with Crippen LogP contribution in [0, 0.1) is 5.82 Å². The van der Waals surface area contributed by atoms with Crippen molar-refractivity contribution in [2.45, 2.75) is 26.6 Å². The van der Waals surface area contributed by atoms with E-state index in [1.165, 1.54) is 0 Å². The molecule has 0 bridgehead atoms. The second-order valence-electron chi connectivity index (χ2n) is 3.50. The molecule has 0 saturated heterocycles. The molecule has 0 spiro atoms. The number of benzene rings is 1. The SMILES string of the molecule is CC(C)OCc1cccc(C(N)=S)c1F. The molecular formula is C11H14FNOS. The lowest BCUT2D eigenvalue weighted by atomic mass is 10.1. The van der Waals surface area contributed by atoms with Gasteiger partial charge in [0.25, 0.3) is 0 Å². The molecule has 0 heterocycles. The van der Waals surface area contributed by atoms with Gasteiger partial charge in [0, 0.05) is 11.1 Å². The molecular weight excluding hydrogens is 213 g/mol. The normalized spacial score (nSPS) is 10.7. The topological polar surface area (TPSA) is 35.2 Å². The number of rotatable bonds is 4. The van der Waals surface area contributed by atoms with Crippen molar-refractivity contribution in [2.24, 2.45) is 5.73 Å². The Morgan fingerprint density at radius 1 is 1.53 bits per heavy atom. The van der Waals surface area contributed by atoms with Gasteiger partial charge in [-0.15, -0.1) is 0 Å². The Kier molecular flexibility index (Phi) is 4.17. The highest BCUT2D eigenvalue weighted by molar-refractivity contribution is 7.80. The Morgan fingerprint density at radius 2 is 2.20 bits per heavy atom. The summed E-state index contributed by atoms with van der Waals surface area (Å²) in [5, 5.41) is 0. The molecule has 0 aliphatic rings. The van der Waals surface area contributed by atoms with E-state index < -0.39 is 0 Å².